The second-order valence-corrected chi connectivity index (χ2v) is 3.77. The first-order valence-corrected chi connectivity index (χ1v) is 5.18. The van der Waals surface area contributed by atoms with E-state index in [4.69, 9.17) is 5.26 Å². The van der Waals surface area contributed by atoms with Crippen molar-refractivity contribution in [3.63, 3.8) is 0 Å². The fourth-order valence-corrected chi connectivity index (χ4v) is 1.64. The van der Waals surface area contributed by atoms with Gasteiger partial charge in [0.15, 0.2) is 5.92 Å². The number of nitrogens with zero attached hydrogens (tertiary/aromatic N) is 3. The fourth-order valence-electron chi connectivity index (χ4n) is 0.900. The molecule has 0 fully saturated rings. The third-order valence-corrected chi connectivity index (χ3v) is 2.61. The largest absolute Gasteiger partial charge is 0.465 e. The highest BCUT2D eigenvalue weighted by atomic mass is 32.1. The maximum Gasteiger partial charge on any atom is 0.445 e. The van der Waals surface area contributed by atoms with Crippen molar-refractivity contribution in [3.05, 3.63) is 10.0 Å². The summed E-state index contributed by atoms with van der Waals surface area (Å²) in [6.45, 7) is 1.55. The number of alkyl halides is 3. The van der Waals surface area contributed by atoms with Crippen molar-refractivity contribution >= 4 is 17.3 Å². The molecule has 0 spiro atoms. The maximum atomic E-state index is 12.2. The first-order chi connectivity index (χ1) is 7.90. The smallest absolute Gasteiger partial charge is 0.445 e. The number of carbonyl (C=O) groups is 1. The van der Waals surface area contributed by atoms with Crippen molar-refractivity contribution in [2.75, 3.05) is 6.61 Å². The van der Waals surface area contributed by atoms with E-state index in [-0.39, 0.29) is 23.0 Å². The number of carbonyl (C=O) groups excluding carboxylic acids is 1. The molecule has 17 heavy (non-hydrogen) atoms. The highest BCUT2D eigenvalue weighted by Crippen LogP contribution is 2.33. The number of nitriles is 1. The van der Waals surface area contributed by atoms with E-state index in [9.17, 15) is 18.0 Å². The van der Waals surface area contributed by atoms with Crippen molar-refractivity contribution < 1.29 is 22.7 Å². The van der Waals surface area contributed by atoms with Gasteiger partial charge in [0.1, 0.15) is 5.01 Å². The van der Waals surface area contributed by atoms with Gasteiger partial charge in [-0.1, -0.05) is 11.3 Å². The molecule has 0 aliphatic heterocycles. The molecule has 5 nitrogen and oxygen atoms in total. The summed E-state index contributed by atoms with van der Waals surface area (Å²) in [6.07, 6.45) is -4.63. The zero-order valence-electron chi connectivity index (χ0n) is 8.48. The van der Waals surface area contributed by atoms with Gasteiger partial charge in [-0.2, -0.15) is 18.4 Å². The average molecular weight is 265 g/mol. The summed E-state index contributed by atoms with van der Waals surface area (Å²) in [4.78, 5) is 11.2. The summed E-state index contributed by atoms with van der Waals surface area (Å²) in [7, 11) is 0. The molecule has 9 heteroatoms. The van der Waals surface area contributed by atoms with Gasteiger partial charge < -0.3 is 4.74 Å². The van der Waals surface area contributed by atoms with E-state index in [1.54, 1.807) is 0 Å². The zero-order valence-corrected chi connectivity index (χ0v) is 9.30. The van der Waals surface area contributed by atoms with Gasteiger partial charge in [-0.15, -0.1) is 10.2 Å². The minimum absolute atomic E-state index is 0.0297. The first kappa shape index (κ1) is 13.4. The van der Waals surface area contributed by atoms with E-state index >= 15 is 0 Å². The molecule has 0 aromatic carbocycles. The van der Waals surface area contributed by atoms with Gasteiger partial charge in [-0.3, -0.25) is 4.79 Å². The summed E-state index contributed by atoms with van der Waals surface area (Å²) < 4.78 is 41.2. The lowest BCUT2D eigenvalue weighted by atomic mass is 10.2. The van der Waals surface area contributed by atoms with Crippen molar-refractivity contribution in [1.82, 2.24) is 10.2 Å². The van der Waals surface area contributed by atoms with E-state index in [1.165, 1.54) is 13.0 Å². The Morgan fingerprint density at radius 3 is 2.65 bits per heavy atom. The zero-order chi connectivity index (χ0) is 13.1. The molecule has 0 bridgehead atoms. The summed E-state index contributed by atoms with van der Waals surface area (Å²) in [5.74, 6) is -2.40. The van der Waals surface area contributed by atoms with Crippen LogP contribution in [0.25, 0.3) is 0 Å². The van der Waals surface area contributed by atoms with Crippen molar-refractivity contribution in [1.29, 1.82) is 5.26 Å². The molecule has 1 unspecified atom stereocenters. The molecule has 0 N–H and O–H groups in total. The standard InChI is InChI=1S/C8H6F3N3O2S/c1-2-16-6(15)4(3-12)5-13-14-7(17-5)8(9,10)11/h4H,2H2,1H3. The highest BCUT2D eigenvalue weighted by molar-refractivity contribution is 7.11. The molecule has 1 aromatic heterocycles. The molecular formula is C8H6F3N3O2S. The van der Waals surface area contributed by atoms with Crippen LogP contribution in [0.15, 0.2) is 0 Å². The molecule has 1 heterocycles. The molecule has 0 saturated carbocycles. The van der Waals surface area contributed by atoms with E-state index < -0.39 is 23.1 Å². The SMILES string of the molecule is CCOC(=O)C(C#N)c1nnc(C(F)(F)F)s1. The molecule has 0 radical (unpaired) electrons. The van der Waals surface area contributed by atoms with Gasteiger partial charge in [-0.05, 0) is 6.92 Å². The van der Waals surface area contributed by atoms with Crippen LogP contribution in [0.2, 0.25) is 0 Å². The van der Waals surface area contributed by atoms with E-state index in [2.05, 4.69) is 14.9 Å². The van der Waals surface area contributed by atoms with Crippen LogP contribution in [-0.2, 0) is 15.7 Å². The molecule has 0 aliphatic rings. The Balaban J connectivity index is 2.96. The minimum atomic E-state index is -4.63. The second-order valence-electron chi connectivity index (χ2n) is 2.76. The highest BCUT2D eigenvalue weighted by Gasteiger charge is 2.37. The summed E-state index contributed by atoms with van der Waals surface area (Å²) in [5, 5.41) is 13.2. The predicted octanol–water partition coefficient (Wildman–Crippen LogP) is 1.73. The topological polar surface area (TPSA) is 75.9 Å². The fraction of sp³-hybridized carbons (Fsp3) is 0.500. The Hall–Kier alpha value is -1.69. The molecule has 0 aliphatic carbocycles. The van der Waals surface area contributed by atoms with Gasteiger partial charge in [0.2, 0.25) is 5.01 Å². The predicted molar refractivity (Wildman–Crippen MR) is 49.9 cm³/mol. The Morgan fingerprint density at radius 1 is 1.59 bits per heavy atom. The van der Waals surface area contributed by atoms with Crippen molar-refractivity contribution in [2.45, 2.75) is 19.0 Å². The van der Waals surface area contributed by atoms with Crippen LogP contribution in [0.4, 0.5) is 13.2 Å². The summed E-state index contributed by atoms with van der Waals surface area (Å²) in [6, 6.07) is 1.53. The van der Waals surface area contributed by atoms with E-state index in [0.717, 1.165) is 0 Å². The lowest BCUT2D eigenvalue weighted by Crippen LogP contribution is -2.14. The number of rotatable bonds is 3. The minimum Gasteiger partial charge on any atom is -0.465 e. The van der Waals surface area contributed by atoms with Gasteiger partial charge in [-0.25, -0.2) is 0 Å². The maximum absolute atomic E-state index is 12.2. The Morgan fingerprint density at radius 2 is 2.24 bits per heavy atom. The van der Waals surface area contributed by atoms with Gasteiger partial charge in [0.25, 0.3) is 0 Å². The molecule has 1 rings (SSSR count). The Kier molecular flexibility index (Phi) is 4.01. The van der Waals surface area contributed by atoms with Crippen LogP contribution in [0.3, 0.4) is 0 Å². The van der Waals surface area contributed by atoms with Crippen LogP contribution in [-0.4, -0.2) is 22.8 Å². The van der Waals surface area contributed by atoms with Crippen LogP contribution in [0.5, 0.6) is 0 Å². The van der Waals surface area contributed by atoms with Gasteiger partial charge in [0, 0.05) is 0 Å². The van der Waals surface area contributed by atoms with Crippen molar-refractivity contribution in [2.24, 2.45) is 0 Å². The third-order valence-electron chi connectivity index (χ3n) is 1.58. The van der Waals surface area contributed by atoms with Crippen LogP contribution in [0.1, 0.15) is 22.9 Å². The number of hydrogen-bond acceptors (Lipinski definition) is 6. The van der Waals surface area contributed by atoms with Crippen LogP contribution in [0, 0.1) is 11.3 Å². The number of hydrogen-bond donors (Lipinski definition) is 0. The number of aromatic nitrogens is 2. The molecule has 92 valence electrons. The third kappa shape index (κ3) is 3.13. The quantitative estimate of drug-likeness (QED) is 0.778. The normalized spacial score (nSPS) is 12.9. The Labute approximate surface area is 97.8 Å². The average Bonchev–Trinajstić information content (AvgIpc) is 2.68. The lowest BCUT2D eigenvalue weighted by molar-refractivity contribution is -0.143. The van der Waals surface area contributed by atoms with Crippen LogP contribution >= 0.6 is 11.3 Å². The lowest BCUT2D eigenvalue weighted by Gasteiger charge is -2.03. The number of ether oxygens (including phenoxy) is 1. The van der Waals surface area contributed by atoms with Crippen LogP contribution < -0.4 is 0 Å². The number of halogens is 3. The van der Waals surface area contributed by atoms with Gasteiger partial charge >= 0.3 is 12.1 Å². The van der Waals surface area contributed by atoms with E-state index in [1.807, 2.05) is 0 Å². The first-order valence-electron chi connectivity index (χ1n) is 4.37. The summed E-state index contributed by atoms with van der Waals surface area (Å²) >= 11 is 0.156. The monoisotopic (exact) mass is 265 g/mol. The van der Waals surface area contributed by atoms with E-state index in [0.29, 0.717) is 0 Å². The summed E-state index contributed by atoms with van der Waals surface area (Å²) in [5.41, 5.74) is 0. The molecule has 0 amide bonds. The number of esters is 1. The molecular weight excluding hydrogens is 259 g/mol. The second kappa shape index (κ2) is 5.09. The Bertz CT molecular complexity index is 452. The molecule has 1 atom stereocenters. The van der Waals surface area contributed by atoms with Gasteiger partial charge in [0.05, 0.1) is 12.7 Å². The molecule has 1 aromatic rings. The van der Waals surface area contributed by atoms with Crippen molar-refractivity contribution in [3.8, 4) is 6.07 Å². The molecule has 0 saturated heterocycles.